The standard InChI is InChI=1S/C13H15NO4/c1-8-7-18-11-4-2-9(3-5-12(15)16)6-10(11)14-13(8)17/h2,4,6,8H,3,5,7H2,1H3,(H,14,17)(H,15,16). The number of aryl methyl sites for hydroxylation is 1. The number of rotatable bonds is 3. The van der Waals surface area contributed by atoms with Crippen molar-refractivity contribution in [2.75, 3.05) is 11.9 Å². The van der Waals surface area contributed by atoms with E-state index in [9.17, 15) is 9.59 Å². The van der Waals surface area contributed by atoms with E-state index in [2.05, 4.69) is 5.32 Å². The number of aliphatic carboxylic acids is 1. The summed E-state index contributed by atoms with van der Waals surface area (Å²) in [5.41, 5.74) is 1.49. The van der Waals surface area contributed by atoms with Crippen LogP contribution in [0.3, 0.4) is 0 Å². The number of carboxylic acid groups (broad SMARTS) is 1. The molecule has 1 aromatic rings. The second-order valence-electron chi connectivity index (χ2n) is 4.43. The Labute approximate surface area is 105 Å². The first-order chi connectivity index (χ1) is 8.56. The van der Waals surface area contributed by atoms with Gasteiger partial charge in [-0.2, -0.15) is 0 Å². The molecule has 0 spiro atoms. The molecule has 0 saturated carbocycles. The zero-order valence-electron chi connectivity index (χ0n) is 10.1. The maximum absolute atomic E-state index is 11.7. The molecule has 1 amide bonds. The van der Waals surface area contributed by atoms with Gasteiger partial charge in [-0.15, -0.1) is 0 Å². The normalized spacial score (nSPS) is 18.3. The monoisotopic (exact) mass is 249 g/mol. The van der Waals surface area contributed by atoms with Crippen LogP contribution < -0.4 is 10.1 Å². The Bertz CT molecular complexity index is 484. The van der Waals surface area contributed by atoms with E-state index in [4.69, 9.17) is 9.84 Å². The van der Waals surface area contributed by atoms with E-state index in [1.54, 1.807) is 19.1 Å². The van der Waals surface area contributed by atoms with Crippen molar-refractivity contribution >= 4 is 17.6 Å². The van der Waals surface area contributed by atoms with Crippen LogP contribution in [0, 0.1) is 5.92 Å². The average molecular weight is 249 g/mol. The maximum Gasteiger partial charge on any atom is 0.303 e. The number of fused-ring (bicyclic) bond motifs is 1. The Morgan fingerprint density at radius 3 is 3.06 bits per heavy atom. The fourth-order valence-electron chi connectivity index (χ4n) is 1.75. The summed E-state index contributed by atoms with van der Waals surface area (Å²) in [7, 11) is 0. The van der Waals surface area contributed by atoms with Crippen molar-refractivity contribution in [2.24, 2.45) is 5.92 Å². The topological polar surface area (TPSA) is 75.6 Å². The van der Waals surface area contributed by atoms with Crippen LogP contribution in [-0.2, 0) is 16.0 Å². The number of carboxylic acids is 1. The number of ether oxygens (including phenoxy) is 1. The predicted octanol–water partition coefficient (Wildman–Crippen LogP) is 1.67. The molecule has 5 heteroatoms. The van der Waals surface area contributed by atoms with Crippen LogP contribution >= 0.6 is 0 Å². The largest absolute Gasteiger partial charge is 0.491 e. The molecule has 0 radical (unpaired) electrons. The summed E-state index contributed by atoms with van der Waals surface area (Å²) in [5, 5.41) is 11.4. The van der Waals surface area contributed by atoms with Crippen molar-refractivity contribution < 1.29 is 19.4 Å². The Kier molecular flexibility index (Phi) is 3.50. The third-order valence-electron chi connectivity index (χ3n) is 2.87. The molecule has 2 N–H and O–H groups in total. The highest BCUT2D eigenvalue weighted by Crippen LogP contribution is 2.29. The summed E-state index contributed by atoms with van der Waals surface area (Å²) in [6, 6.07) is 5.36. The van der Waals surface area contributed by atoms with Gasteiger partial charge >= 0.3 is 5.97 Å². The fourth-order valence-corrected chi connectivity index (χ4v) is 1.75. The summed E-state index contributed by atoms with van der Waals surface area (Å²) in [6.07, 6.45) is 0.512. The fraction of sp³-hybridized carbons (Fsp3) is 0.385. The Morgan fingerprint density at radius 1 is 1.56 bits per heavy atom. The van der Waals surface area contributed by atoms with E-state index in [0.717, 1.165) is 5.56 Å². The van der Waals surface area contributed by atoms with Crippen LogP contribution in [0.2, 0.25) is 0 Å². The number of amides is 1. The highest BCUT2D eigenvalue weighted by molar-refractivity contribution is 5.94. The molecule has 1 unspecified atom stereocenters. The van der Waals surface area contributed by atoms with Gasteiger partial charge in [0.05, 0.1) is 18.2 Å². The summed E-state index contributed by atoms with van der Waals surface area (Å²) in [6.45, 7) is 2.15. The third kappa shape index (κ3) is 2.80. The van der Waals surface area contributed by atoms with E-state index >= 15 is 0 Å². The van der Waals surface area contributed by atoms with Gasteiger partial charge in [-0.3, -0.25) is 9.59 Å². The molecule has 2 rings (SSSR count). The predicted molar refractivity (Wildman–Crippen MR) is 65.7 cm³/mol. The molecule has 0 saturated heterocycles. The van der Waals surface area contributed by atoms with Crippen LogP contribution in [0.5, 0.6) is 5.75 Å². The summed E-state index contributed by atoms with van der Waals surface area (Å²) >= 11 is 0. The molecular weight excluding hydrogens is 234 g/mol. The molecule has 1 aliphatic rings. The lowest BCUT2D eigenvalue weighted by Crippen LogP contribution is -2.22. The van der Waals surface area contributed by atoms with Crippen molar-refractivity contribution in [1.29, 1.82) is 0 Å². The van der Waals surface area contributed by atoms with E-state index in [1.165, 1.54) is 0 Å². The van der Waals surface area contributed by atoms with Crippen molar-refractivity contribution in [1.82, 2.24) is 0 Å². The van der Waals surface area contributed by atoms with Crippen LogP contribution in [0.25, 0.3) is 0 Å². The van der Waals surface area contributed by atoms with E-state index in [-0.39, 0.29) is 18.2 Å². The molecular formula is C13H15NO4. The van der Waals surface area contributed by atoms with Gasteiger partial charge in [-0.05, 0) is 24.1 Å². The van der Waals surface area contributed by atoms with E-state index in [1.807, 2.05) is 6.07 Å². The van der Waals surface area contributed by atoms with Gasteiger partial charge in [-0.1, -0.05) is 13.0 Å². The Balaban J connectivity index is 2.18. The van der Waals surface area contributed by atoms with Gasteiger partial charge in [0.2, 0.25) is 5.91 Å². The quantitative estimate of drug-likeness (QED) is 0.854. The smallest absolute Gasteiger partial charge is 0.303 e. The molecule has 1 heterocycles. The molecule has 1 aromatic carbocycles. The van der Waals surface area contributed by atoms with Crippen LogP contribution in [0.4, 0.5) is 5.69 Å². The van der Waals surface area contributed by atoms with Crippen molar-refractivity contribution in [3.63, 3.8) is 0 Å². The molecule has 96 valence electrons. The first-order valence-electron chi connectivity index (χ1n) is 5.84. The molecule has 0 aromatic heterocycles. The molecule has 5 nitrogen and oxygen atoms in total. The highest BCUT2D eigenvalue weighted by atomic mass is 16.5. The lowest BCUT2D eigenvalue weighted by molar-refractivity contribution is -0.137. The Morgan fingerprint density at radius 2 is 2.33 bits per heavy atom. The van der Waals surface area contributed by atoms with Crippen LogP contribution in [0.1, 0.15) is 18.9 Å². The minimum Gasteiger partial charge on any atom is -0.491 e. The first-order valence-corrected chi connectivity index (χ1v) is 5.84. The van der Waals surface area contributed by atoms with E-state index < -0.39 is 5.97 Å². The number of nitrogens with one attached hydrogen (secondary N) is 1. The zero-order chi connectivity index (χ0) is 13.1. The van der Waals surface area contributed by atoms with Gasteiger partial charge in [0.1, 0.15) is 5.75 Å². The average Bonchev–Trinajstić information content (AvgIpc) is 2.47. The maximum atomic E-state index is 11.7. The van der Waals surface area contributed by atoms with Gasteiger partial charge < -0.3 is 15.2 Å². The molecule has 0 bridgehead atoms. The number of anilines is 1. The zero-order valence-corrected chi connectivity index (χ0v) is 10.1. The molecule has 0 aliphatic carbocycles. The molecule has 1 atom stereocenters. The minimum absolute atomic E-state index is 0.0734. The van der Waals surface area contributed by atoms with Gasteiger partial charge in [-0.25, -0.2) is 0 Å². The lowest BCUT2D eigenvalue weighted by atomic mass is 10.1. The van der Waals surface area contributed by atoms with Gasteiger partial charge in [0.25, 0.3) is 0 Å². The first kappa shape index (κ1) is 12.4. The molecule has 1 aliphatic heterocycles. The summed E-state index contributed by atoms with van der Waals surface area (Å²) < 4.78 is 5.51. The van der Waals surface area contributed by atoms with Gasteiger partial charge in [0, 0.05) is 6.42 Å². The molecule has 18 heavy (non-hydrogen) atoms. The number of hydrogen-bond acceptors (Lipinski definition) is 3. The van der Waals surface area contributed by atoms with Crippen molar-refractivity contribution in [3.05, 3.63) is 23.8 Å². The summed E-state index contributed by atoms with van der Waals surface area (Å²) in [5.74, 6) is -0.477. The highest BCUT2D eigenvalue weighted by Gasteiger charge is 2.20. The number of carbonyl (C=O) groups is 2. The minimum atomic E-state index is -0.834. The third-order valence-corrected chi connectivity index (χ3v) is 2.87. The van der Waals surface area contributed by atoms with E-state index in [0.29, 0.717) is 24.5 Å². The second-order valence-corrected chi connectivity index (χ2v) is 4.43. The number of hydrogen-bond donors (Lipinski definition) is 2. The molecule has 0 fully saturated rings. The second kappa shape index (κ2) is 5.08. The lowest BCUT2D eigenvalue weighted by Gasteiger charge is -2.08. The SMILES string of the molecule is CC1COc2ccc(CCC(=O)O)cc2NC1=O. The van der Waals surface area contributed by atoms with Gasteiger partial charge in [0.15, 0.2) is 0 Å². The number of carbonyl (C=O) groups excluding carboxylic acids is 1. The van der Waals surface area contributed by atoms with Crippen LogP contribution in [-0.4, -0.2) is 23.6 Å². The summed E-state index contributed by atoms with van der Waals surface area (Å²) in [4.78, 5) is 22.2. The Hall–Kier alpha value is -2.04. The number of benzene rings is 1. The van der Waals surface area contributed by atoms with Crippen molar-refractivity contribution in [3.8, 4) is 5.75 Å². The van der Waals surface area contributed by atoms with Crippen LogP contribution in [0.15, 0.2) is 18.2 Å². The van der Waals surface area contributed by atoms with Crippen molar-refractivity contribution in [2.45, 2.75) is 19.8 Å².